The Hall–Kier alpha value is -2.28. The van der Waals surface area contributed by atoms with Gasteiger partial charge in [0.25, 0.3) is 0 Å². The number of aryl methyl sites for hydroxylation is 1. The molecule has 1 saturated carbocycles. The standard InChI is InChI=1S/C20H25N3O3S/c24-16-11-10-13(18(25)19(16)26)12-21-23-15-8-4-5-9-17(15)27-20(23)22-14-6-2-1-3-7-14/h10-12,14,24-26H,1-9H2/b21-12+,22-20?. The molecule has 27 heavy (non-hydrogen) atoms. The number of thiazole rings is 1. The Labute approximate surface area is 162 Å². The minimum Gasteiger partial charge on any atom is -0.504 e. The molecule has 1 aromatic carbocycles. The molecule has 144 valence electrons. The Morgan fingerprint density at radius 3 is 2.56 bits per heavy atom. The van der Waals surface area contributed by atoms with Gasteiger partial charge in [0.2, 0.25) is 10.6 Å². The number of hydrogen-bond donors (Lipinski definition) is 3. The molecule has 0 unspecified atom stereocenters. The Morgan fingerprint density at radius 1 is 0.963 bits per heavy atom. The van der Waals surface area contributed by atoms with Gasteiger partial charge >= 0.3 is 0 Å². The average Bonchev–Trinajstić information content (AvgIpc) is 3.03. The fraction of sp³-hybridized carbons (Fsp3) is 0.500. The van der Waals surface area contributed by atoms with E-state index < -0.39 is 5.75 Å². The molecule has 4 rings (SSSR count). The summed E-state index contributed by atoms with van der Waals surface area (Å²) in [6, 6.07) is 3.24. The van der Waals surface area contributed by atoms with Crippen molar-refractivity contribution in [2.75, 3.05) is 0 Å². The Morgan fingerprint density at radius 2 is 1.74 bits per heavy atom. The van der Waals surface area contributed by atoms with Gasteiger partial charge in [-0.3, -0.25) is 4.99 Å². The first-order chi connectivity index (χ1) is 13.1. The molecule has 2 aliphatic rings. The first-order valence-electron chi connectivity index (χ1n) is 9.69. The Kier molecular flexibility index (Phi) is 5.20. The van der Waals surface area contributed by atoms with E-state index in [4.69, 9.17) is 4.99 Å². The Balaban J connectivity index is 1.74. The number of phenolic OH excluding ortho intramolecular Hbond substituents is 3. The second-order valence-electron chi connectivity index (χ2n) is 7.31. The summed E-state index contributed by atoms with van der Waals surface area (Å²) >= 11 is 1.73. The number of aromatic hydroxyl groups is 3. The molecule has 3 N–H and O–H groups in total. The zero-order chi connectivity index (χ0) is 18.8. The predicted octanol–water partition coefficient (Wildman–Crippen LogP) is 3.66. The lowest BCUT2D eigenvalue weighted by molar-refractivity contribution is 0.367. The van der Waals surface area contributed by atoms with Crippen molar-refractivity contribution in [3.05, 3.63) is 33.1 Å². The van der Waals surface area contributed by atoms with Crippen LogP contribution < -0.4 is 4.80 Å². The first kappa shape index (κ1) is 18.1. The molecule has 1 aromatic heterocycles. The van der Waals surface area contributed by atoms with Gasteiger partial charge < -0.3 is 15.3 Å². The molecule has 0 bridgehead atoms. The number of fused-ring (bicyclic) bond motifs is 1. The zero-order valence-electron chi connectivity index (χ0n) is 15.3. The number of nitrogens with zero attached hydrogens (tertiary/aromatic N) is 3. The lowest BCUT2D eigenvalue weighted by Crippen LogP contribution is -2.20. The number of rotatable bonds is 3. The molecule has 0 spiro atoms. The number of phenols is 3. The molecule has 2 aliphatic carbocycles. The van der Waals surface area contributed by atoms with Gasteiger partial charge in [0, 0.05) is 10.4 Å². The summed E-state index contributed by atoms with van der Waals surface area (Å²) in [5, 5.41) is 33.9. The van der Waals surface area contributed by atoms with Crippen molar-refractivity contribution in [3.8, 4) is 17.2 Å². The lowest BCUT2D eigenvalue weighted by atomic mass is 9.96. The van der Waals surface area contributed by atoms with E-state index in [9.17, 15) is 15.3 Å². The quantitative estimate of drug-likeness (QED) is 0.554. The van der Waals surface area contributed by atoms with E-state index >= 15 is 0 Å². The Bertz CT molecular complexity index is 923. The van der Waals surface area contributed by atoms with Gasteiger partial charge in [-0.2, -0.15) is 5.10 Å². The van der Waals surface area contributed by atoms with Crippen molar-refractivity contribution < 1.29 is 15.3 Å². The van der Waals surface area contributed by atoms with Crippen LogP contribution in [0.2, 0.25) is 0 Å². The van der Waals surface area contributed by atoms with E-state index in [-0.39, 0.29) is 11.5 Å². The van der Waals surface area contributed by atoms with Crippen molar-refractivity contribution in [1.82, 2.24) is 4.68 Å². The molecular formula is C20H25N3O3S. The van der Waals surface area contributed by atoms with Crippen LogP contribution in [-0.2, 0) is 12.8 Å². The second kappa shape index (κ2) is 7.76. The molecule has 0 radical (unpaired) electrons. The van der Waals surface area contributed by atoms with Crippen LogP contribution >= 0.6 is 11.3 Å². The zero-order valence-corrected chi connectivity index (χ0v) is 16.1. The highest BCUT2D eigenvalue weighted by Gasteiger charge is 2.19. The maximum Gasteiger partial charge on any atom is 0.206 e. The molecule has 6 nitrogen and oxygen atoms in total. The van der Waals surface area contributed by atoms with Crippen LogP contribution in [-0.4, -0.2) is 32.3 Å². The van der Waals surface area contributed by atoms with Crippen molar-refractivity contribution in [1.29, 1.82) is 0 Å². The second-order valence-corrected chi connectivity index (χ2v) is 8.37. The smallest absolute Gasteiger partial charge is 0.206 e. The van der Waals surface area contributed by atoms with Gasteiger partial charge in [0.05, 0.1) is 18.0 Å². The fourth-order valence-corrected chi connectivity index (χ4v) is 5.06. The third kappa shape index (κ3) is 3.74. The van der Waals surface area contributed by atoms with Crippen LogP contribution in [0.5, 0.6) is 17.2 Å². The van der Waals surface area contributed by atoms with E-state index in [1.807, 2.05) is 4.68 Å². The van der Waals surface area contributed by atoms with Crippen molar-refractivity contribution in [3.63, 3.8) is 0 Å². The van der Waals surface area contributed by atoms with E-state index in [1.54, 1.807) is 11.3 Å². The maximum atomic E-state index is 10.0. The molecule has 7 heteroatoms. The molecule has 0 amide bonds. The van der Waals surface area contributed by atoms with Crippen LogP contribution in [0.3, 0.4) is 0 Å². The molecule has 1 fully saturated rings. The summed E-state index contributed by atoms with van der Waals surface area (Å²) < 4.78 is 1.91. The summed E-state index contributed by atoms with van der Waals surface area (Å²) in [5.74, 6) is -1.24. The van der Waals surface area contributed by atoms with Crippen molar-refractivity contribution >= 4 is 17.6 Å². The van der Waals surface area contributed by atoms with Crippen molar-refractivity contribution in [2.24, 2.45) is 10.1 Å². The fourth-order valence-electron chi connectivity index (χ4n) is 3.84. The van der Waals surface area contributed by atoms with Gasteiger partial charge in [-0.05, 0) is 50.7 Å². The summed E-state index contributed by atoms with van der Waals surface area (Å²) in [6.07, 6.45) is 12.0. The topological polar surface area (TPSA) is 90.3 Å². The maximum absolute atomic E-state index is 10.0. The van der Waals surface area contributed by atoms with Crippen LogP contribution in [0.15, 0.2) is 22.2 Å². The molecule has 1 heterocycles. The van der Waals surface area contributed by atoms with Gasteiger partial charge in [0.1, 0.15) is 0 Å². The highest BCUT2D eigenvalue weighted by molar-refractivity contribution is 7.09. The van der Waals surface area contributed by atoms with Gasteiger partial charge in [-0.25, -0.2) is 4.68 Å². The predicted molar refractivity (Wildman–Crippen MR) is 106 cm³/mol. The lowest BCUT2D eigenvalue weighted by Gasteiger charge is -2.16. The molecule has 0 atom stereocenters. The summed E-state index contributed by atoms with van der Waals surface area (Å²) in [4.78, 5) is 7.28. The van der Waals surface area contributed by atoms with Crippen LogP contribution in [0.25, 0.3) is 0 Å². The number of aromatic nitrogens is 1. The molecule has 2 aromatic rings. The monoisotopic (exact) mass is 387 g/mol. The largest absolute Gasteiger partial charge is 0.504 e. The van der Waals surface area contributed by atoms with Crippen LogP contribution in [0, 0.1) is 0 Å². The minimum atomic E-state index is -0.525. The molecule has 0 saturated heterocycles. The normalized spacial score (nSPS) is 18.9. The number of hydrogen-bond acceptors (Lipinski definition) is 6. The molecular weight excluding hydrogens is 362 g/mol. The third-order valence-electron chi connectivity index (χ3n) is 5.38. The summed E-state index contributed by atoms with van der Waals surface area (Å²) in [6.45, 7) is 0. The molecule has 0 aliphatic heterocycles. The van der Waals surface area contributed by atoms with Crippen molar-refractivity contribution in [2.45, 2.75) is 63.8 Å². The average molecular weight is 388 g/mol. The van der Waals surface area contributed by atoms with Crippen LogP contribution in [0.4, 0.5) is 0 Å². The van der Waals surface area contributed by atoms with E-state index in [2.05, 4.69) is 5.10 Å². The summed E-state index contributed by atoms with van der Waals surface area (Å²) in [7, 11) is 0. The highest BCUT2D eigenvalue weighted by atomic mass is 32.1. The van der Waals surface area contributed by atoms with E-state index in [0.29, 0.717) is 11.6 Å². The SMILES string of the molecule is Oc1ccc(/C=N/n2c3c(sc2=NC2CCCCC2)CCCC3)c(O)c1O. The van der Waals surface area contributed by atoms with Gasteiger partial charge in [-0.1, -0.05) is 30.6 Å². The third-order valence-corrected chi connectivity index (χ3v) is 6.53. The highest BCUT2D eigenvalue weighted by Crippen LogP contribution is 2.36. The van der Waals surface area contributed by atoms with Gasteiger partial charge in [0.15, 0.2) is 11.5 Å². The summed E-state index contributed by atoms with van der Waals surface area (Å²) in [5.41, 5.74) is 1.57. The first-order valence-corrected chi connectivity index (χ1v) is 10.5. The number of benzene rings is 1. The minimum absolute atomic E-state index is 0.349. The van der Waals surface area contributed by atoms with E-state index in [1.165, 1.54) is 54.6 Å². The van der Waals surface area contributed by atoms with E-state index in [0.717, 1.165) is 36.9 Å². The van der Waals surface area contributed by atoms with Crippen LogP contribution in [0.1, 0.15) is 61.1 Å². The van der Waals surface area contributed by atoms with Gasteiger partial charge in [-0.15, -0.1) is 0 Å².